The number of ether oxygens (including phenoxy) is 1. The maximum atomic E-state index is 11.4. The predicted molar refractivity (Wildman–Crippen MR) is 55.9 cm³/mol. The van der Waals surface area contributed by atoms with Crippen molar-refractivity contribution < 1.29 is 9.53 Å². The van der Waals surface area contributed by atoms with Crippen LogP contribution in [0.1, 0.15) is 39.5 Å². The first-order valence-electron chi connectivity index (χ1n) is 5.29. The van der Waals surface area contributed by atoms with Crippen molar-refractivity contribution in [3.63, 3.8) is 0 Å². The first-order chi connectivity index (χ1) is 6.67. The van der Waals surface area contributed by atoms with E-state index in [4.69, 9.17) is 4.74 Å². The normalized spacial score (nSPS) is 19.6. The summed E-state index contributed by atoms with van der Waals surface area (Å²) in [6.07, 6.45) is 5.27. The molecular formula is C11H19NO2. The number of carbonyl (C=O) groups is 1. The summed E-state index contributed by atoms with van der Waals surface area (Å²) in [7, 11) is 0. The van der Waals surface area contributed by atoms with E-state index in [2.05, 4.69) is 20.4 Å². The summed E-state index contributed by atoms with van der Waals surface area (Å²) in [5.41, 5.74) is -0.255. The first kappa shape index (κ1) is 11.1. The number of hydrogen-bond acceptors (Lipinski definition) is 2. The smallest absolute Gasteiger partial charge is 0.414 e. The number of hydrogen-bond donors (Lipinski definition) is 0. The second kappa shape index (κ2) is 4.49. The topological polar surface area (TPSA) is 29.5 Å². The van der Waals surface area contributed by atoms with E-state index in [1.54, 1.807) is 11.1 Å². The number of nitrogens with zero attached hydrogens (tertiary/aromatic N) is 1. The lowest BCUT2D eigenvalue weighted by Crippen LogP contribution is -2.33. The van der Waals surface area contributed by atoms with Gasteiger partial charge in [-0.1, -0.05) is 33.3 Å². The Morgan fingerprint density at radius 2 is 2.07 bits per heavy atom. The van der Waals surface area contributed by atoms with Gasteiger partial charge in [0.1, 0.15) is 5.60 Å². The highest BCUT2D eigenvalue weighted by molar-refractivity contribution is 5.71. The third kappa shape index (κ3) is 2.08. The van der Waals surface area contributed by atoms with Gasteiger partial charge in [-0.25, -0.2) is 4.79 Å². The number of amides is 1. The van der Waals surface area contributed by atoms with Gasteiger partial charge in [0.2, 0.25) is 0 Å². The van der Waals surface area contributed by atoms with Gasteiger partial charge in [-0.15, -0.1) is 0 Å². The lowest BCUT2D eigenvalue weighted by atomic mass is 9.93. The molecule has 0 aromatic carbocycles. The van der Waals surface area contributed by atoms with Crippen LogP contribution in [0.4, 0.5) is 4.79 Å². The maximum absolute atomic E-state index is 11.4. The van der Waals surface area contributed by atoms with Crippen molar-refractivity contribution in [1.82, 2.24) is 4.90 Å². The van der Waals surface area contributed by atoms with E-state index in [1.807, 2.05) is 0 Å². The van der Waals surface area contributed by atoms with Crippen molar-refractivity contribution in [2.45, 2.75) is 45.1 Å². The lowest BCUT2D eigenvalue weighted by Gasteiger charge is -2.25. The van der Waals surface area contributed by atoms with Crippen molar-refractivity contribution in [3.8, 4) is 0 Å². The average molecular weight is 197 g/mol. The molecule has 1 fully saturated rings. The zero-order valence-electron chi connectivity index (χ0n) is 9.08. The molecule has 14 heavy (non-hydrogen) atoms. The summed E-state index contributed by atoms with van der Waals surface area (Å²) in [4.78, 5) is 13.0. The van der Waals surface area contributed by atoms with E-state index in [9.17, 15) is 4.79 Å². The third-order valence-corrected chi connectivity index (χ3v) is 2.63. The second-order valence-corrected chi connectivity index (χ2v) is 3.86. The minimum Gasteiger partial charge on any atom is -0.441 e. The molecule has 0 N–H and O–H groups in total. The molecule has 1 rings (SSSR count). The van der Waals surface area contributed by atoms with Crippen LogP contribution < -0.4 is 0 Å². The quantitative estimate of drug-likeness (QED) is 0.678. The Morgan fingerprint density at radius 3 is 2.43 bits per heavy atom. The van der Waals surface area contributed by atoms with Crippen molar-refractivity contribution in [3.05, 3.63) is 12.8 Å². The summed E-state index contributed by atoms with van der Waals surface area (Å²) in [5.74, 6) is 0. The highest BCUT2D eigenvalue weighted by atomic mass is 16.6. The number of rotatable bonds is 5. The Labute approximate surface area is 85.7 Å². The van der Waals surface area contributed by atoms with Gasteiger partial charge in [0.15, 0.2) is 0 Å². The van der Waals surface area contributed by atoms with Crippen LogP contribution in [-0.4, -0.2) is 23.1 Å². The molecule has 80 valence electrons. The van der Waals surface area contributed by atoms with Gasteiger partial charge < -0.3 is 4.74 Å². The Balaban J connectivity index is 2.71. The Kier molecular flexibility index (Phi) is 3.55. The zero-order valence-corrected chi connectivity index (χ0v) is 9.08. The SMILES string of the molecule is C=CN1CC(CCC)(CCC)OC1=O. The van der Waals surface area contributed by atoms with Gasteiger partial charge in [0.25, 0.3) is 0 Å². The van der Waals surface area contributed by atoms with E-state index in [0.717, 1.165) is 25.7 Å². The molecule has 0 bridgehead atoms. The van der Waals surface area contributed by atoms with Crippen LogP contribution in [0.15, 0.2) is 12.8 Å². The third-order valence-electron chi connectivity index (χ3n) is 2.63. The molecular weight excluding hydrogens is 178 g/mol. The van der Waals surface area contributed by atoms with Crippen LogP contribution in [0.5, 0.6) is 0 Å². The standard InChI is InChI=1S/C11H19NO2/c1-4-7-11(8-5-2)9-12(6-3)10(13)14-11/h6H,3-5,7-9H2,1-2H3. The van der Waals surface area contributed by atoms with Gasteiger partial charge in [0, 0.05) is 6.20 Å². The minimum atomic E-state index is -0.255. The molecule has 1 amide bonds. The molecule has 0 saturated carbocycles. The van der Waals surface area contributed by atoms with Crippen molar-refractivity contribution >= 4 is 6.09 Å². The summed E-state index contributed by atoms with van der Waals surface area (Å²) in [6, 6.07) is 0. The van der Waals surface area contributed by atoms with E-state index in [-0.39, 0.29) is 11.7 Å². The monoisotopic (exact) mass is 197 g/mol. The summed E-state index contributed by atoms with van der Waals surface area (Å²) in [5, 5.41) is 0. The van der Waals surface area contributed by atoms with Crippen molar-refractivity contribution in [1.29, 1.82) is 0 Å². The molecule has 1 heterocycles. The van der Waals surface area contributed by atoms with Gasteiger partial charge in [-0.05, 0) is 12.8 Å². The molecule has 3 heteroatoms. The largest absolute Gasteiger partial charge is 0.441 e. The molecule has 0 atom stereocenters. The zero-order chi connectivity index (χ0) is 10.6. The highest BCUT2D eigenvalue weighted by Crippen LogP contribution is 2.31. The minimum absolute atomic E-state index is 0.248. The Morgan fingerprint density at radius 1 is 1.50 bits per heavy atom. The van der Waals surface area contributed by atoms with Crippen LogP contribution in [-0.2, 0) is 4.74 Å². The molecule has 0 spiro atoms. The average Bonchev–Trinajstić information content (AvgIpc) is 2.44. The van der Waals surface area contributed by atoms with Gasteiger partial charge >= 0.3 is 6.09 Å². The van der Waals surface area contributed by atoms with Gasteiger partial charge in [-0.3, -0.25) is 4.90 Å². The van der Waals surface area contributed by atoms with Crippen LogP contribution in [0.2, 0.25) is 0 Å². The molecule has 1 aliphatic rings. The fourth-order valence-corrected chi connectivity index (χ4v) is 2.09. The van der Waals surface area contributed by atoms with E-state index in [0.29, 0.717) is 6.54 Å². The van der Waals surface area contributed by atoms with Crippen LogP contribution in [0, 0.1) is 0 Å². The van der Waals surface area contributed by atoms with Gasteiger partial charge in [-0.2, -0.15) is 0 Å². The molecule has 0 aromatic heterocycles. The molecule has 3 nitrogen and oxygen atoms in total. The Hall–Kier alpha value is -0.990. The fraction of sp³-hybridized carbons (Fsp3) is 0.727. The Bertz CT molecular complexity index is 219. The highest BCUT2D eigenvalue weighted by Gasteiger charge is 2.42. The summed E-state index contributed by atoms with van der Waals surface area (Å²) in [6.45, 7) is 8.49. The molecule has 0 unspecified atom stereocenters. The summed E-state index contributed by atoms with van der Waals surface area (Å²) >= 11 is 0. The predicted octanol–water partition coefficient (Wildman–Crippen LogP) is 2.92. The first-order valence-corrected chi connectivity index (χ1v) is 5.29. The van der Waals surface area contributed by atoms with Crippen molar-refractivity contribution in [2.24, 2.45) is 0 Å². The molecule has 0 aliphatic carbocycles. The van der Waals surface area contributed by atoms with Crippen LogP contribution in [0.25, 0.3) is 0 Å². The second-order valence-electron chi connectivity index (χ2n) is 3.86. The van der Waals surface area contributed by atoms with Gasteiger partial charge in [0.05, 0.1) is 6.54 Å². The molecule has 0 radical (unpaired) electrons. The fourth-order valence-electron chi connectivity index (χ4n) is 2.09. The summed E-state index contributed by atoms with van der Waals surface area (Å²) < 4.78 is 5.45. The molecule has 1 aliphatic heterocycles. The van der Waals surface area contributed by atoms with Crippen LogP contribution in [0.3, 0.4) is 0 Å². The molecule has 1 saturated heterocycles. The molecule has 0 aromatic rings. The van der Waals surface area contributed by atoms with Crippen molar-refractivity contribution in [2.75, 3.05) is 6.54 Å². The van der Waals surface area contributed by atoms with Crippen LogP contribution >= 0.6 is 0 Å². The maximum Gasteiger partial charge on any atom is 0.414 e. The van der Waals surface area contributed by atoms with E-state index in [1.165, 1.54) is 0 Å². The number of carbonyl (C=O) groups excluding carboxylic acids is 1. The van der Waals surface area contributed by atoms with E-state index >= 15 is 0 Å². The number of cyclic esters (lactones) is 1. The van der Waals surface area contributed by atoms with E-state index < -0.39 is 0 Å². The lowest BCUT2D eigenvalue weighted by molar-refractivity contribution is 0.0412.